The minimum atomic E-state index is -1.69. The first-order valence-corrected chi connectivity index (χ1v) is 8.26. The zero-order chi connectivity index (χ0) is 17.7. The highest BCUT2D eigenvalue weighted by Gasteiger charge is 2.50. The first kappa shape index (κ1) is 16.6. The Hall–Kier alpha value is -3.29. The van der Waals surface area contributed by atoms with Gasteiger partial charge in [-0.2, -0.15) is 10.5 Å². The largest absolute Gasteiger partial charge is 0.288 e. The summed E-state index contributed by atoms with van der Waals surface area (Å²) < 4.78 is 0. The molecule has 0 unspecified atom stereocenters. The van der Waals surface area contributed by atoms with Crippen molar-refractivity contribution in [3.05, 3.63) is 71.8 Å². The van der Waals surface area contributed by atoms with Crippen LogP contribution in [0.15, 0.2) is 65.7 Å². The van der Waals surface area contributed by atoms with Gasteiger partial charge in [-0.3, -0.25) is 15.2 Å². The number of carbonyl (C=O) groups excluding carboxylic acids is 1. The number of hydrogen-bond acceptors (Lipinski definition) is 5. The summed E-state index contributed by atoms with van der Waals surface area (Å²) in [6, 6.07) is 21.9. The Morgan fingerprint density at radius 1 is 1.08 bits per heavy atom. The summed E-state index contributed by atoms with van der Waals surface area (Å²) in [5.74, 6) is -0.457. The normalized spacial score (nSPS) is 16.7. The maximum Gasteiger partial charge on any atom is 0.288 e. The summed E-state index contributed by atoms with van der Waals surface area (Å²) >= 11 is 0.930. The predicted molar refractivity (Wildman–Crippen MR) is 94.9 cm³/mol. The number of amidine groups is 1. The highest BCUT2D eigenvalue weighted by molar-refractivity contribution is 8.15. The van der Waals surface area contributed by atoms with Gasteiger partial charge in [0.1, 0.15) is 12.1 Å². The molecule has 0 radical (unpaired) electrons. The number of rotatable bonds is 3. The third kappa shape index (κ3) is 3.32. The Bertz CT molecular complexity index is 869. The highest BCUT2D eigenvalue weighted by Crippen LogP contribution is 2.35. The van der Waals surface area contributed by atoms with Gasteiger partial charge in [-0.25, -0.2) is 5.01 Å². The molecule has 0 spiro atoms. The minimum Gasteiger partial charge on any atom is -0.270 e. The van der Waals surface area contributed by atoms with Crippen LogP contribution in [0.3, 0.4) is 0 Å². The summed E-state index contributed by atoms with van der Waals surface area (Å²) in [5.41, 5.74) is 4.18. The van der Waals surface area contributed by atoms with Gasteiger partial charge < -0.3 is 0 Å². The van der Waals surface area contributed by atoms with Crippen molar-refractivity contribution in [3.63, 3.8) is 0 Å². The number of hydrogen-bond donors (Lipinski definition) is 1. The van der Waals surface area contributed by atoms with E-state index in [1.807, 2.05) is 42.5 Å². The summed E-state index contributed by atoms with van der Waals surface area (Å²) in [7, 11) is 0. The monoisotopic (exact) mass is 347 g/mol. The summed E-state index contributed by atoms with van der Waals surface area (Å²) in [6.07, 6.45) is 0. The molecule has 0 bridgehead atoms. The lowest BCUT2D eigenvalue weighted by Crippen LogP contribution is -2.49. The van der Waals surface area contributed by atoms with Crippen molar-refractivity contribution < 1.29 is 4.79 Å². The molecule has 1 aliphatic rings. The summed E-state index contributed by atoms with van der Waals surface area (Å²) in [5, 5.41) is 20.4. The second kappa shape index (κ2) is 7.08. The fourth-order valence-corrected chi connectivity index (χ4v) is 3.13. The van der Waals surface area contributed by atoms with Gasteiger partial charge in [-0.15, -0.1) is 0 Å². The Kier molecular flexibility index (Phi) is 4.69. The molecule has 2 aromatic rings. The molecule has 3 rings (SSSR count). The van der Waals surface area contributed by atoms with Gasteiger partial charge in [0.05, 0.1) is 6.54 Å². The third-order valence-electron chi connectivity index (χ3n) is 3.54. The first-order chi connectivity index (χ1) is 12.2. The minimum absolute atomic E-state index is 0.358. The number of thioether (sulfide) groups is 1. The number of hydrazine groups is 1. The van der Waals surface area contributed by atoms with E-state index in [4.69, 9.17) is 0 Å². The topological polar surface area (TPSA) is 92.3 Å². The maximum absolute atomic E-state index is 12.7. The van der Waals surface area contributed by atoms with E-state index in [2.05, 4.69) is 10.4 Å². The molecule has 1 amide bonds. The lowest BCUT2D eigenvalue weighted by Gasteiger charge is -2.23. The summed E-state index contributed by atoms with van der Waals surface area (Å²) in [6.45, 7) is 0.385. The first-order valence-electron chi connectivity index (χ1n) is 7.45. The zero-order valence-corrected chi connectivity index (χ0v) is 13.9. The van der Waals surface area contributed by atoms with Gasteiger partial charge in [0.25, 0.3) is 10.8 Å². The number of amides is 1. The molecule has 1 fully saturated rings. The van der Waals surface area contributed by atoms with Crippen molar-refractivity contribution in [3.8, 4) is 12.1 Å². The van der Waals surface area contributed by atoms with E-state index in [1.54, 1.807) is 30.3 Å². The van der Waals surface area contributed by atoms with Crippen molar-refractivity contribution in [2.75, 3.05) is 0 Å². The van der Waals surface area contributed by atoms with Crippen molar-refractivity contribution in [2.45, 2.75) is 11.4 Å². The van der Waals surface area contributed by atoms with Gasteiger partial charge in [0.15, 0.2) is 5.17 Å². The van der Waals surface area contributed by atoms with E-state index >= 15 is 0 Å². The second-order valence-corrected chi connectivity index (χ2v) is 6.38. The Morgan fingerprint density at radius 3 is 2.28 bits per heavy atom. The standard InChI is InChI=1S/C18H13N5OS/c19-12-18(13-20)23(16(24)15-9-5-2-6-10-15)22-17(25-18)21-11-14-7-3-1-4-8-14/h1-10H,11H2,(H,21,22). The molecule has 1 saturated heterocycles. The molecule has 2 aromatic carbocycles. The molecule has 1 aliphatic heterocycles. The molecule has 0 aromatic heterocycles. The van der Waals surface area contributed by atoms with Crippen molar-refractivity contribution in [1.82, 2.24) is 10.4 Å². The molecule has 122 valence electrons. The average Bonchev–Trinajstić information content (AvgIpc) is 3.06. The van der Waals surface area contributed by atoms with Gasteiger partial charge in [0.2, 0.25) is 0 Å². The number of benzene rings is 2. The van der Waals surface area contributed by atoms with Gasteiger partial charge in [0, 0.05) is 5.56 Å². The van der Waals surface area contributed by atoms with Crippen LogP contribution in [0.5, 0.6) is 0 Å². The molecule has 1 heterocycles. The quantitative estimate of drug-likeness (QED) is 0.921. The molecular weight excluding hydrogens is 334 g/mol. The fraction of sp³-hybridized carbons (Fsp3) is 0.111. The number of aliphatic imine (C=N–C) groups is 1. The van der Waals surface area contributed by atoms with Crippen molar-refractivity contribution in [2.24, 2.45) is 4.99 Å². The maximum atomic E-state index is 12.7. The van der Waals surface area contributed by atoms with E-state index in [9.17, 15) is 15.3 Å². The van der Waals surface area contributed by atoms with E-state index in [0.29, 0.717) is 17.3 Å². The van der Waals surface area contributed by atoms with Crippen LogP contribution >= 0.6 is 11.8 Å². The number of nitriles is 2. The molecule has 1 N–H and O–H groups in total. The molecule has 0 saturated carbocycles. The molecule has 0 aliphatic carbocycles. The Morgan fingerprint density at radius 2 is 1.68 bits per heavy atom. The smallest absolute Gasteiger partial charge is 0.270 e. The Balaban J connectivity index is 1.86. The number of nitrogens with one attached hydrogen (secondary N) is 1. The fourth-order valence-electron chi connectivity index (χ4n) is 2.27. The molecule has 25 heavy (non-hydrogen) atoms. The van der Waals surface area contributed by atoms with Crippen molar-refractivity contribution in [1.29, 1.82) is 10.5 Å². The zero-order valence-electron chi connectivity index (χ0n) is 13.1. The molecule has 7 heteroatoms. The molecule has 6 nitrogen and oxygen atoms in total. The van der Waals surface area contributed by atoms with Crippen LogP contribution in [0.1, 0.15) is 15.9 Å². The van der Waals surface area contributed by atoms with E-state index in [1.165, 1.54) is 0 Å². The van der Waals surface area contributed by atoms with Crippen molar-refractivity contribution >= 4 is 22.8 Å². The van der Waals surface area contributed by atoms with E-state index < -0.39 is 10.8 Å². The van der Waals surface area contributed by atoms with Crippen LogP contribution in [0.25, 0.3) is 0 Å². The van der Waals surface area contributed by atoms with Crippen LogP contribution in [-0.4, -0.2) is 21.0 Å². The highest BCUT2D eigenvalue weighted by atomic mass is 32.2. The average molecular weight is 347 g/mol. The van der Waals surface area contributed by atoms with Crippen LogP contribution in [0.4, 0.5) is 0 Å². The number of carbonyl (C=O) groups is 1. The van der Waals surface area contributed by atoms with Gasteiger partial charge >= 0.3 is 0 Å². The third-order valence-corrected chi connectivity index (χ3v) is 4.62. The van der Waals surface area contributed by atoms with Crippen LogP contribution < -0.4 is 5.43 Å². The van der Waals surface area contributed by atoms with Gasteiger partial charge in [-0.1, -0.05) is 48.5 Å². The summed E-state index contributed by atoms with van der Waals surface area (Å²) in [4.78, 5) is 15.4. The Labute approximate surface area is 149 Å². The van der Waals surface area contributed by atoms with Gasteiger partial charge in [-0.05, 0) is 29.5 Å². The lowest BCUT2D eigenvalue weighted by molar-refractivity contribution is 0.0689. The lowest BCUT2D eigenvalue weighted by atomic mass is 10.2. The van der Waals surface area contributed by atoms with E-state index in [0.717, 1.165) is 22.3 Å². The second-order valence-electron chi connectivity index (χ2n) is 5.20. The molecule has 0 atom stereocenters. The van der Waals surface area contributed by atoms with Crippen LogP contribution in [0.2, 0.25) is 0 Å². The number of nitrogens with zero attached hydrogens (tertiary/aromatic N) is 4. The molecular formula is C18H13N5OS. The predicted octanol–water partition coefficient (Wildman–Crippen LogP) is 2.68. The van der Waals surface area contributed by atoms with Crippen LogP contribution in [-0.2, 0) is 6.54 Å². The van der Waals surface area contributed by atoms with E-state index in [-0.39, 0.29) is 0 Å². The van der Waals surface area contributed by atoms with Crippen LogP contribution in [0, 0.1) is 22.7 Å². The SMILES string of the molecule is N#CC1(C#N)SC(=NCc2ccccc2)NN1C(=O)c1ccccc1.